The first kappa shape index (κ1) is 7.13. The molecule has 1 rings (SSSR count). The van der Waals surface area contributed by atoms with E-state index in [2.05, 4.69) is 0 Å². The van der Waals surface area contributed by atoms with Crippen LogP contribution in [0.5, 0.6) is 0 Å². The van der Waals surface area contributed by atoms with Crippen LogP contribution in [-0.2, 0) is 0 Å². The van der Waals surface area contributed by atoms with Gasteiger partial charge in [-0.3, -0.25) is 0 Å². The summed E-state index contributed by atoms with van der Waals surface area (Å²) in [6.45, 7) is 0. The van der Waals surface area contributed by atoms with Crippen molar-refractivity contribution in [3.8, 4) is 0 Å². The Bertz CT molecular complexity index is 92.2. The average molecular weight is 187 g/mol. The van der Waals surface area contributed by atoms with E-state index >= 15 is 0 Å². The highest BCUT2D eigenvalue weighted by Gasteiger charge is 2.17. The monoisotopic (exact) mass is 186 g/mol. The Kier molecular flexibility index (Phi) is 2.90. The number of hydrogen-bond donors (Lipinski definition) is 0. The lowest BCUT2D eigenvalue weighted by Gasteiger charge is -2.14. The van der Waals surface area contributed by atoms with Crippen molar-refractivity contribution >= 4 is 46.7 Å². The summed E-state index contributed by atoms with van der Waals surface area (Å²) in [5.41, 5.74) is 0. The summed E-state index contributed by atoms with van der Waals surface area (Å²) < 4.78 is 0.0679. The van der Waals surface area contributed by atoms with Crippen molar-refractivity contribution in [2.45, 2.75) is 9.42 Å². The standard InChI is InChI=1S/C4H4Cl2S2/c5-3-4(6)8-2-1-7-3/h1-4H. The average Bonchev–Trinajstić information content (AvgIpc) is 1.77. The molecule has 0 aromatic carbocycles. The molecular weight excluding hydrogens is 183 g/mol. The highest BCUT2D eigenvalue weighted by Crippen LogP contribution is 2.36. The molecule has 0 nitrogen and oxygen atoms in total. The zero-order valence-corrected chi connectivity index (χ0v) is 7.03. The fourth-order valence-corrected chi connectivity index (χ4v) is 2.50. The van der Waals surface area contributed by atoms with E-state index in [1.807, 2.05) is 10.8 Å². The van der Waals surface area contributed by atoms with E-state index in [1.165, 1.54) is 0 Å². The summed E-state index contributed by atoms with van der Waals surface area (Å²) in [5.74, 6) is 0. The third kappa shape index (κ3) is 1.76. The number of rotatable bonds is 0. The molecular formula is C4H4Cl2S2. The SMILES string of the molecule is ClC1SC=CSC1Cl. The lowest BCUT2D eigenvalue weighted by Crippen LogP contribution is -2.06. The summed E-state index contributed by atoms with van der Waals surface area (Å²) in [4.78, 5) is 0. The number of halogens is 2. The zero-order chi connectivity index (χ0) is 5.98. The van der Waals surface area contributed by atoms with Crippen LogP contribution in [0.15, 0.2) is 10.8 Å². The zero-order valence-electron chi connectivity index (χ0n) is 3.88. The van der Waals surface area contributed by atoms with Gasteiger partial charge in [-0.1, -0.05) is 0 Å². The quantitative estimate of drug-likeness (QED) is 0.534. The van der Waals surface area contributed by atoms with Gasteiger partial charge in [0.05, 0.1) is 0 Å². The van der Waals surface area contributed by atoms with E-state index in [0.717, 1.165) is 0 Å². The maximum absolute atomic E-state index is 5.73. The molecule has 0 saturated heterocycles. The van der Waals surface area contributed by atoms with Crippen LogP contribution >= 0.6 is 46.7 Å². The molecule has 0 fully saturated rings. The summed E-state index contributed by atoms with van der Waals surface area (Å²) in [5, 5.41) is 3.92. The molecule has 0 radical (unpaired) electrons. The molecule has 0 bridgehead atoms. The van der Waals surface area contributed by atoms with E-state index in [0.29, 0.717) is 0 Å². The fourth-order valence-electron chi connectivity index (χ4n) is 0.338. The smallest absolute Gasteiger partial charge is 0.109 e. The third-order valence-corrected chi connectivity index (χ3v) is 4.22. The Morgan fingerprint density at radius 3 is 1.62 bits per heavy atom. The summed E-state index contributed by atoms with van der Waals surface area (Å²) >= 11 is 14.6. The molecule has 1 aliphatic heterocycles. The summed E-state index contributed by atoms with van der Waals surface area (Å²) in [7, 11) is 0. The van der Waals surface area contributed by atoms with E-state index in [4.69, 9.17) is 23.2 Å². The first-order valence-corrected chi connectivity index (χ1v) is 4.80. The number of thioether (sulfide) groups is 2. The Labute approximate surface area is 67.0 Å². The van der Waals surface area contributed by atoms with Gasteiger partial charge in [-0.15, -0.1) is 46.7 Å². The Morgan fingerprint density at radius 2 is 1.38 bits per heavy atom. The molecule has 0 aromatic heterocycles. The van der Waals surface area contributed by atoms with Gasteiger partial charge in [0.1, 0.15) is 9.42 Å². The van der Waals surface area contributed by atoms with Gasteiger partial charge < -0.3 is 0 Å². The lowest BCUT2D eigenvalue weighted by molar-refractivity contribution is 1.33. The van der Waals surface area contributed by atoms with Gasteiger partial charge in [0.2, 0.25) is 0 Å². The molecule has 46 valence electrons. The first-order chi connectivity index (χ1) is 3.80. The van der Waals surface area contributed by atoms with Crippen LogP contribution in [0.3, 0.4) is 0 Å². The van der Waals surface area contributed by atoms with Crippen molar-refractivity contribution in [3.63, 3.8) is 0 Å². The number of alkyl halides is 2. The van der Waals surface area contributed by atoms with Crippen molar-refractivity contribution in [1.29, 1.82) is 0 Å². The van der Waals surface area contributed by atoms with Crippen LogP contribution in [0.2, 0.25) is 0 Å². The van der Waals surface area contributed by atoms with Crippen molar-refractivity contribution in [1.82, 2.24) is 0 Å². The van der Waals surface area contributed by atoms with Crippen LogP contribution in [0.25, 0.3) is 0 Å². The third-order valence-electron chi connectivity index (χ3n) is 0.679. The molecule has 8 heavy (non-hydrogen) atoms. The second-order valence-electron chi connectivity index (χ2n) is 1.25. The van der Waals surface area contributed by atoms with Crippen molar-refractivity contribution in [3.05, 3.63) is 10.8 Å². The molecule has 2 unspecified atom stereocenters. The predicted octanol–water partition coefficient (Wildman–Crippen LogP) is 3.07. The molecule has 0 aliphatic carbocycles. The van der Waals surface area contributed by atoms with Gasteiger partial charge in [-0.2, -0.15) is 0 Å². The normalized spacial score (nSPS) is 37.8. The lowest BCUT2D eigenvalue weighted by atomic mass is 10.9. The van der Waals surface area contributed by atoms with Crippen LogP contribution < -0.4 is 0 Å². The largest absolute Gasteiger partial charge is 0.111 e. The molecule has 0 amide bonds. The first-order valence-electron chi connectivity index (χ1n) is 2.05. The van der Waals surface area contributed by atoms with Gasteiger partial charge in [-0.05, 0) is 10.8 Å². The van der Waals surface area contributed by atoms with E-state index < -0.39 is 0 Å². The second kappa shape index (κ2) is 3.25. The van der Waals surface area contributed by atoms with E-state index in [-0.39, 0.29) is 9.42 Å². The summed E-state index contributed by atoms with van der Waals surface area (Å²) in [6, 6.07) is 0. The van der Waals surface area contributed by atoms with E-state index in [9.17, 15) is 0 Å². The van der Waals surface area contributed by atoms with Crippen molar-refractivity contribution in [2.75, 3.05) is 0 Å². The van der Waals surface area contributed by atoms with Crippen LogP contribution in [-0.4, -0.2) is 9.42 Å². The van der Waals surface area contributed by atoms with Crippen LogP contribution in [0, 0.1) is 0 Å². The van der Waals surface area contributed by atoms with Crippen LogP contribution in [0.1, 0.15) is 0 Å². The molecule has 1 heterocycles. The molecule has 0 saturated carbocycles. The van der Waals surface area contributed by atoms with Gasteiger partial charge in [-0.25, -0.2) is 0 Å². The van der Waals surface area contributed by atoms with Gasteiger partial charge in [0, 0.05) is 0 Å². The van der Waals surface area contributed by atoms with Crippen LogP contribution in [0.4, 0.5) is 0 Å². The van der Waals surface area contributed by atoms with Crippen molar-refractivity contribution in [2.24, 2.45) is 0 Å². The van der Waals surface area contributed by atoms with Gasteiger partial charge in [0.15, 0.2) is 0 Å². The van der Waals surface area contributed by atoms with Gasteiger partial charge >= 0.3 is 0 Å². The second-order valence-corrected chi connectivity index (χ2v) is 4.81. The molecule has 0 aromatic rings. The molecule has 0 spiro atoms. The molecule has 1 aliphatic rings. The highest BCUT2D eigenvalue weighted by atomic mass is 35.5. The van der Waals surface area contributed by atoms with E-state index in [1.54, 1.807) is 23.5 Å². The van der Waals surface area contributed by atoms with Gasteiger partial charge in [0.25, 0.3) is 0 Å². The Balaban J connectivity index is 2.44. The summed E-state index contributed by atoms with van der Waals surface area (Å²) in [6.07, 6.45) is 0. The minimum Gasteiger partial charge on any atom is -0.111 e. The maximum atomic E-state index is 5.73. The molecule has 4 heteroatoms. The maximum Gasteiger partial charge on any atom is 0.109 e. The predicted molar refractivity (Wildman–Crippen MR) is 43.6 cm³/mol. The van der Waals surface area contributed by atoms with Crippen molar-refractivity contribution < 1.29 is 0 Å². The fraction of sp³-hybridized carbons (Fsp3) is 0.500. The topological polar surface area (TPSA) is 0 Å². The molecule has 0 N–H and O–H groups in total. The molecule has 2 atom stereocenters. The Hall–Kier alpha value is 1.02. The Morgan fingerprint density at radius 1 is 1.00 bits per heavy atom. The number of hydrogen-bond acceptors (Lipinski definition) is 2. The minimum atomic E-state index is 0.0340. The highest BCUT2D eigenvalue weighted by molar-refractivity contribution is 8.11. The minimum absolute atomic E-state index is 0.0340.